The Morgan fingerprint density at radius 1 is 1.20 bits per heavy atom. The normalized spacial score (nSPS) is 23.1. The highest BCUT2D eigenvalue weighted by molar-refractivity contribution is 7.21. The summed E-state index contributed by atoms with van der Waals surface area (Å²) in [6.07, 6.45) is 10.4. The van der Waals surface area contributed by atoms with E-state index >= 15 is 0 Å². The lowest BCUT2D eigenvalue weighted by Crippen LogP contribution is -2.43. The Labute approximate surface area is 177 Å². The molecule has 0 amide bonds. The van der Waals surface area contributed by atoms with Crippen LogP contribution in [0.2, 0.25) is 0 Å². The molecule has 2 aliphatic rings. The van der Waals surface area contributed by atoms with E-state index in [-0.39, 0.29) is 0 Å². The number of thiazole rings is 1. The molecule has 2 atom stereocenters. The van der Waals surface area contributed by atoms with Crippen molar-refractivity contribution in [2.24, 2.45) is 0 Å². The highest BCUT2D eigenvalue weighted by atomic mass is 32.1. The molecule has 6 rings (SSSR count). The van der Waals surface area contributed by atoms with Gasteiger partial charge in [0.05, 0.1) is 17.5 Å². The summed E-state index contributed by atoms with van der Waals surface area (Å²) in [5.41, 5.74) is 3.61. The number of hydrogen-bond donors (Lipinski definition) is 2. The molecule has 0 aliphatic carbocycles. The molecular weight excluding hydrogens is 396 g/mol. The third-order valence-electron chi connectivity index (χ3n) is 6.00. The average molecular weight is 417 g/mol. The van der Waals surface area contributed by atoms with Gasteiger partial charge in [-0.05, 0) is 38.7 Å². The Balaban J connectivity index is 1.32. The van der Waals surface area contributed by atoms with Gasteiger partial charge in [0, 0.05) is 36.1 Å². The van der Waals surface area contributed by atoms with Gasteiger partial charge in [0.2, 0.25) is 0 Å². The second-order valence-corrected chi connectivity index (χ2v) is 9.20. The maximum absolute atomic E-state index is 9.52. The second kappa shape index (κ2) is 6.72. The summed E-state index contributed by atoms with van der Waals surface area (Å²) in [6, 6.07) is 5.76. The van der Waals surface area contributed by atoms with Crippen LogP contribution in [0.15, 0.2) is 24.7 Å². The summed E-state index contributed by atoms with van der Waals surface area (Å²) in [6.45, 7) is 1.91. The summed E-state index contributed by atoms with van der Waals surface area (Å²) in [5, 5.41) is 17.7. The summed E-state index contributed by atoms with van der Waals surface area (Å²) in [4.78, 5) is 19.2. The van der Waals surface area contributed by atoms with E-state index in [0.29, 0.717) is 35.2 Å². The third kappa shape index (κ3) is 3.00. The molecule has 8 nitrogen and oxygen atoms in total. The van der Waals surface area contributed by atoms with Crippen molar-refractivity contribution >= 4 is 32.5 Å². The van der Waals surface area contributed by atoms with Crippen LogP contribution in [0.25, 0.3) is 27.4 Å². The number of pyridine rings is 1. The molecule has 150 valence electrons. The van der Waals surface area contributed by atoms with Gasteiger partial charge in [0.25, 0.3) is 0 Å². The molecule has 2 aliphatic heterocycles. The van der Waals surface area contributed by atoms with Crippen molar-refractivity contribution in [3.8, 4) is 17.5 Å². The zero-order valence-corrected chi connectivity index (χ0v) is 17.3. The number of nitrogens with one attached hydrogen (secondary N) is 2. The Morgan fingerprint density at radius 3 is 2.83 bits per heavy atom. The lowest BCUT2D eigenvalue weighted by molar-refractivity contribution is 0.378. The van der Waals surface area contributed by atoms with Gasteiger partial charge in [-0.3, -0.25) is 0 Å². The number of nitriles is 1. The molecule has 2 bridgehead atoms. The number of fused-ring (bicyclic) bond motifs is 4. The fourth-order valence-corrected chi connectivity index (χ4v) is 5.60. The minimum atomic E-state index is 0.460. The number of aromatic nitrogens is 5. The summed E-state index contributed by atoms with van der Waals surface area (Å²) in [5.74, 6) is 0.586. The third-order valence-corrected chi connectivity index (χ3v) is 6.90. The Hall–Kier alpha value is -3.09. The Bertz CT molecular complexity index is 1300. The quantitative estimate of drug-likeness (QED) is 0.528. The van der Waals surface area contributed by atoms with Crippen LogP contribution in [-0.4, -0.2) is 42.5 Å². The van der Waals surface area contributed by atoms with Crippen LogP contribution < -0.4 is 10.6 Å². The fourth-order valence-electron chi connectivity index (χ4n) is 4.71. The number of piperidine rings is 1. The lowest BCUT2D eigenvalue weighted by Gasteiger charge is -2.29. The smallest absolute Gasteiger partial charge is 0.185 e. The zero-order valence-electron chi connectivity index (χ0n) is 16.5. The SMILES string of the molecule is Cc1cn2cc(-c3ncc4nc(NC5CC6CCC(C5)N6)sc4n3)cc(C#N)c2n1. The first-order valence-electron chi connectivity index (χ1n) is 10.2. The van der Waals surface area contributed by atoms with Crippen LogP contribution in [0.4, 0.5) is 5.13 Å². The van der Waals surface area contributed by atoms with Gasteiger partial charge in [0.1, 0.15) is 16.4 Å². The number of anilines is 1. The van der Waals surface area contributed by atoms with E-state index in [1.807, 2.05) is 23.7 Å². The molecule has 0 saturated carbocycles. The monoisotopic (exact) mass is 416 g/mol. The Morgan fingerprint density at radius 2 is 2.03 bits per heavy atom. The second-order valence-electron chi connectivity index (χ2n) is 8.22. The van der Waals surface area contributed by atoms with Crippen molar-refractivity contribution in [1.29, 1.82) is 5.26 Å². The van der Waals surface area contributed by atoms with Crippen LogP contribution in [-0.2, 0) is 0 Å². The molecule has 0 spiro atoms. The van der Waals surface area contributed by atoms with E-state index in [2.05, 4.69) is 26.7 Å². The van der Waals surface area contributed by atoms with E-state index in [1.165, 1.54) is 12.8 Å². The standard InChI is InChI=1S/C21H20N8S/c1-11-9-29-10-13(4-12(7-22)19(29)24-11)18-23-8-17-20(28-18)30-21(27-17)26-16-5-14-2-3-15(6-16)25-14/h4,8-10,14-16,25H,2-3,5-6H2,1H3,(H,26,27). The minimum Gasteiger partial charge on any atom is -0.359 e. The van der Waals surface area contributed by atoms with Crippen molar-refractivity contribution in [3.05, 3.63) is 35.9 Å². The van der Waals surface area contributed by atoms with Crippen molar-refractivity contribution in [3.63, 3.8) is 0 Å². The molecule has 2 fully saturated rings. The topological polar surface area (TPSA) is 104 Å². The number of rotatable bonds is 3. The van der Waals surface area contributed by atoms with E-state index in [1.54, 1.807) is 23.6 Å². The van der Waals surface area contributed by atoms with E-state index < -0.39 is 0 Å². The number of hydrogen-bond acceptors (Lipinski definition) is 8. The van der Waals surface area contributed by atoms with E-state index in [9.17, 15) is 5.26 Å². The molecule has 9 heteroatoms. The first kappa shape index (κ1) is 17.7. The average Bonchev–Trinajstić information content (AvgIpc) is 3.41. The van der Waals surface area contributed by atoms with Gasteiger partial charge in [-0.25, -0.2) is 19.9 Å². The summed E-state index contributed by atoms with van der Waals surface area (Å²) in [7, 11) is 0. The molecule has 2 N–H and O–H groups in total. The van der Waals surface area contributed by atoms with Crippen LogP contribution in [0.1, 0.15) is 36.9 Å². The molecule has 30 heavy (non-hydrogen) atoms. The largest absolute Gasteiger partial charge is 0.359 e. The molecule has 0 radical (unpaired) electrons. The number of nitrogens with zero attached hydrogens (tertiary/aromatic N) is 6. The number of imidazole rings is 1. The molecule has 2 unspecified atom stereocenters. The van der Waals surface area contributed by atoms with E-state index in [4.69, 9.17) is 9.97 Å². The number of aryl methyl sites for hydroxylation is 1. The predicted octanol–water partition coefficient (Wildman–Crippen LogP) is 3.28. The first-order chi connectivity index (χ1) is 14.6. The zero-order chi connectivity index (χ0) is 20.2. The highest BCUT2D eigenvalue weighted by Crippen LogP contribution is 2.32. The molecule has 0 aromatic carbocycles. The maximum Gasteiger partial charge on any atom is 0.185 e. The van der Waals surface area contributed by atoms with Gasteiger partial charge >= 0.3 is 0 Å². The van der Waals surface area contributed by atoms with Gasteiger partial charge in [-0.15, -0.1) is 0 Å². The van der Waals surface area contributed by atoms with E-state index in [0.717, 1.165) is 39.6 Å². The Kier molecular flexibility index (Phi) is 3.97. The molecule has 4 aromatic rings. The molecule has 6 heterocycles. The van der Waals surface area contributed by atoms with Gasteiger partial charge in [-0.2, -0.15) is 5.26 Å². The van der Waals surface area contributed by atoms with Crippen LogP contribution in [0, 0.1) is 18.3 Å². The summed E-state index contributed by atoms with van der Waals surface area (Å²) < 4.78 is 1.86. The molecule has 4 aromatic heterocycles. The van der Waals surface area contributed by atoms with Gasteiger partial charge < -0.3 is 15.0 Å². The van der Waals surface area contributed by atoms with Crippen molar-refractivity contribution in [2.75, 3.05) is 5.32 Å². The lowest BCUT2D eigenvalue weighted by atomic mass is 10.0. The van der Waals surface area contributed by atoms with Gasteiger partial charge in [-0.1, -0.05) is 11.3 Å². The predicted molar refractivity (Wildman–Crippen MR) is 115 cm³/mol. The summed E-state index contributed by atoms with van der Waals surface area (Å²) >= 11 is 1.56. The molecule has 2 saturated heterocycles. The van der Waals surface area contributed by atoms with Crippen LogP contribution in [0.5, 0.6) is 0 Å². The minimum absolute atomic E-state index is 0.460. The van der Waals surface area contributed by atoms with Crippen molar-refractivity contribution < 1.29 is 0 Å². The van der Waals surface area contributed by atoms with Crippen molar-refractivity contribution in [2.45, 2.75) is 50.7 Å². The molecular formula is C21H20N8S. The van der Waals surface area contributed by atoms with Crippen LogP contribution in [0.3, 0.4) is 0 Å². The maximum atomic E-state index is 9.52. The fraction of sp³-hybridized carbons (Fsp3) is 0.381. The van der Waals surface area contributed by atoms with Crippen molar-refractivity contribution in [1.82, 2.24) is 29.7 Å². The van der Waals surface area contributed by atoms with Gasteiger partial charge in [0.15, 0.2) is 16.6 Å². The highest BCUT2D eigenvalue weighted by Gasteiger charge is 2.33. The van der Waals surface area contributed by atoms with Crippen LogP contribution >= 0.6 is 11.3 Å². The first-order valence-corrected chi connectivity index (χ1v) is 11.0.